The molecule has 1 aliphatic rings. The Bertz CT molecular complexity index is 1130. The Morgan fingerprint density at radius 3 is 2.50 bits per heavy atom. The number of halogens is 1. The number of fused-ring (bicyclic) bond motifs is 1. The standard InChI is InChI=1S/C25H24FNO4.Zn/c26-17-9-7-15(8-10-17)24-20-3-1-2-4-22(20)27-25(16-5-6-16)21(24)12-11-18(28)13-19(29)14-23(30)31;/h1-4,7-12,16,18-19,28-29H,5-6,13-14H2,(H,30,31);/q;+2/p-1/b12-11+;/t18-,19-;/m1./s1. The van der Waals surface area contributed by atoms with Crippen molar-refractivity contribution in [2.45, 2.75) is 43.8 Å². The second kappa shape index (κ2) is 10.4. The molecule has 0 spiro atoms. The van der Waals surface area contributed by atoms with E-state index in [1.54, 1.807) is 24.3 Å². The van der Waals surface area contributed by atoms with Gasteiger partial charge in [0.15, 0.2) is 0 Å². The van der Waals surface area contributed by atoms with E-state index < -0.39 is 24.6 Å². The molecule has 0 bridgehead atoms. The number of carboxylic acids is 1. The summed E-state index contributed by atoms with van der Waals surface area (Å²) in [7, 11) is 0. The molecular weight excluding hydrogens is 463 g/mol. The van der Waals surface area contributed by atoms with Crippen LogP contribution in [0.15, 0.2) is 54.6 Å². The minimum absolute atomic E-state index is 0. The fourth-order valence-electron chi connectivity index (χ4n) is 3.85. The number of hydrogen-bond donors (Lipinski definition) is 2. The molecule has 0 unspecified atom stereocenters. The van der Waals surface area contributed by atoms with E-state index in [1.165, 1.54) is 12.1 Å². The van der Waals surface area contributed by atoms with Gasteiger partial charge in [0, 0.05) is 41.2 Å². The second-order valence-electron chi connectivity index (χ2n) is 7.98. The zero-order chi connectivity index (χ0) is 22.0. The number of aromatic nitrogens is 1. The average molecular weight is 486 g/mol. The van der Waals surface area contributed by atoms with E-state index in [9.17, 15) is 24.5 Å². The molecule has 1 aliphatic carbocycles. The number of carbonyl (C=O) groups excluding carboxylic acids is 1. The van der Waals surface area contributed by atoms with Crippen LogP contribution in [0.25, 0.3) is 28.1 Å². The molecule has 7 heteroatoms. The van der Waals surface area contributed by atoms with Gasteiger partial charge in [0.25, 0.3) is 0 Å². The quantitative estimate of drug-likeness (QED) is 0.478. The number of carboxylic acid groups (broad SMARTS) is 1. The summed E-state index contributed by atoms with van der Waals surface area (Å²) in [4.78, 5) is 15.5. The van der Waals surface area contributed by atoms with Gasteiger partial charge in [-0.3, -0.25) is 4.98 Å². The summed E-state index contributed by atoms with van der Waals surface area (Å²) >= 11 is 0. The molecule has 1 aromatic heterocycles. The molecule has 4 rings (SSSR count). The smallest absolute Gasteiger partial charge is 0.550 e. The van der Waals surface area contributed by atoms with Crippen LogP contribution in [0, 0.1) is 5.82 Å². The van der Waals surface area contributed by atoms with Gasteiger partial charge >= 0.3 is 19.5 Å². The Labute approximate surface area is 198 Å². The normalized spacial score (nSPS) is 15.5. The van der Waals surface area contributed by atoms with Crippen LogP contribution < -0.4 is 5.11 Å². The molecule has 0 radical (unpaired) electrons. The van der Waals surface area contributed by atoms with Crippen LogP contribution in [-0.2, 0) is 24.3 Å². The Morgan fingerprint density at radius 2 is 1.84 bits per heavy atom. The first-order valence-electron chi connectivity index (χ1n) is 10.3. The van der Waals surface area contributed by atoms with Crippen molar-refractivity contribution in [3.63, 3.8) is 0 Å². The molecule has 0 saturated heterocycles. The predicted octanol–water partition coefficient (Wildman–Crippen LogP) is 3.18. The topological polar surface area (TPSA) is 93.5 Å². The summed E-state index contributed by atoms with van der Waals surface area (Å²) in [5.74, 6) is -1.36. The van der Waals surface area contributed by atoms with Crippen molar-refractivity contribution in [1.82, 2.24) is 4.98 Å². The molecule has 1 fully saturated rings. The van der Waals surface area contributed by atoms with E-state index in [4.69, 9.17) is 4.98 Å². The predicted molar refractivity (Wildman–Crippen MR) is 114 cm³/mol. The zero-order valence-corrected chi connectivity index (χ0v) is 20.5. The second-order valence-corrected chi connectivity index (χ2v) is 7.98. The van der Waals surface area contributed by atoms with Gasteiger partial charge in [0.05, 0.1) is 23.4 Å². The number of aliphatic hydroxyl groups is 2. The molecular formula is C25H23FNO4Zn+. The van der Waals surface area contributed by atoms with Gasteiger partial charge in [-0.25, -0.2) is 4.39 Å². The summed E-state index contributed by atoms with van der Waals surface area (Å²) in [5.41, 5.74) is 4.38. The Hall–Kier alpha value is -2.47. The molecule has 2 N–H and O–H groups in total. The van der Waals surface area contributed by atoms with Gasteiger partial charge in [-0.15, -0.1) is 0 Å². The minimum atomic E-state index is -1.36. The number of para-hydroxylation sites is 1. The zero-order valence-electron chi connectivity index (χ0n) is 17.6. The molecule has 2 atom stereocenters. The van der Waals surface area contributed by atoms with Crippen molar-refractivity contribution in [2.75, 3.05) is 0 Å². The number of aliphatic carboxylic acids is 1. The largest absolute Gasteiger partial charge is 2.00 e. The van der Waals surface area contributed by atoms with E-state index in [1.807, 2.05) is 24.3 Å². The number of hydrogen-bond acceptors (Lipinski definition) is 5. The maximum atomic E-state index is 13.6. The first-order chi connectivity index (χ1) is 14.9. The summed E-state index contributed by atoms with van der Waals surface area (Å²) in [6.07, 6.45) is 2.51. The molecule has 160 valence electrons. The van der Waals surface area contributed by atoms with Crippen LogP contribution in [0.2, 0.25) is 0 Å². The van der Waals surface area contributed by atoms with Crippen molar-refractivity contribution in [3.8, 4) is 11.1 Å². The number of nitrogens with zero attached hydrogens (tertiary/aromatic N) is 1. The first kappa shape index (κ1) is 24.2. The van der Waals surface area contributed by atoms with Crippen molar-refractivity contribution >= 4 is 22.9 Å². The molecule has 1 saturated carbocycles. The average Bonchev–Trinajstić information content (AvgIpc) is 3.56. The van der Waals surface area contributed by atoms with Gasteiger partial charge < -0.3 is 20.1 Å². The number of aliphatic hydroxyl groups excluding tert-OH is 2. The molecule has 0 amide bonds. The maximum Gasteiger partial charge on any atom is 2.00 e. The third-order valence-electron chi connectivity index (χ3n) is 5.46. The van der Waals surface area contributed by atoms with Crippen LogP contribution in [0.3, 0.4) is 0 Å². The third-order valence-corrected chi connectivity index (χ3v) is 5.46. The Morgan fingerprint density at radius 1 is 1.16 bits per heavy atom. The van der Waals surface area contributed by atoms with Gasteiger partial charge in [-0.1, -0.05) is 42.5 Å². The van der Waals surface area contributed by atoms with Gasteiger partial charge in [0.1, 0.15) is 5.82 Å². The number of pyridine rings is 1. The summed E-state index contributed by atoms with van der Waals surface area (Å²) in [6.45, 7) is 0. The monoisotopic (exact) mass is 484 g/mol. The van der Waals surface area contributed by atoms with Gasteiger partial charge in [-0.05, 0) is 36.6 Å². The van der Waals surface area contributed by atoms with Crippen molar-refractivity contribution in [1.29, 1.82) is 0 Å². The fourth-order valence-corrected chi connectivity index (χ4v) is 3.85. The van der Waals surface area contributed by atoms with E-state index in [-0.39, 0.29) is 31.7 Å². The number of rotatable bonds is 8. The molecule has 5 nitrogen and oxygen atoms in total. The number of benzene rings is 2. The molecule has 0 aliphatic heterocycles. The van der Waals surface area contributed by atoms with Gasteiger partial charge in [0.2, 0.25) is 0 Å². The molecule has 2 aromatic carbocycles. The van der Waals surface area contributed by atoms with Crippen LogP contribution in [0.5, 0.6) is 0 Å². The van der Waals surface area contributed by atoms with E-state index in [2.05, 4.69) is 0 Å². The van der Waals surface area contributed by atoms with Crippen LogP contribution in [0.1, 0.15) is 42.9 Å². The third kappa shape index (κ3) is 5.66. The summed E-state index contributed by atoms with van der Waals surface area (Å²) in [5, 5.41) is 31.7. The fraction of sp³-hybridized carbons (Fsp3) is 0.280. The SMILES string of the molecule is O=C([O-])C[C@H](O)C[C@H](O)/C=C/c1c(C2CC2)nc2ccccc2c1-c1ccc(F)cc1.[Zn+2]. The van der Waals surface area contributed by atoms with Crippen molar-refractivity contribution in [3.05, 3.63) is 71.7 Å². The van der Waals surface area contributed by atoms with E-state index >= 15 is 0 Å². The number of carbonyl (C=O) groups is 1. The first-order valence-corrected chi connectivity index (χ1v) is 10.3. The molecule has 32 heavy (non-hydrogen) atoms. The molecule has 3 aromatic rings. The summed E-state index contributed by atoms with van der Waals surface area (Å²) in [6, 6.07) is 14.1. The van der Waals surface area contributed by atoms with E-state index in [0.717, 1.165) is 46.1 Å². The van der Waals surface area contributed by atoms with Crippen LogP contribution >= 0.6 is 0 Å². The van der Waals surface area contributed by atoms with Crippen molar-refractivity contribution < 1.29 is 44.0 Å². The van der Waals surface area contributed by atoms with Crippen molar-refractivity contribution in [2.24, 2.45) is 0 Å². The molecule has 1 heterocycles. The van der Waals surface area contributed by atoms with E-state index in [0.29, 0.717) is 5.92 Å². The van der Waals surface area contributed by atoms with Gasteiger partial charge in [-0.2, -0.15) is 0 Å². The van der Waals surface area contributed by atoms with Crippen LogP contribution in [0.4, 0.5) is 4.39 Å². The van der Waals surface area contributed by atoms with Crippen LogP contribution in [-0.4, -0.2) is 33.4 Å². The Kier molecular flexibility index (Phi) is 7.88. The summed E-state index contributed by atoms with van der Waals surface area (Å²) < 4.78 is 13.6. The maximum absolute atomic E-state index is 13.6. The Balaban J connectivity index is 0.00000289. The minimum Gasteiger partial charge on any atom is -0.550 e.